The Bertz CT molecular complexity index is 951. The first-order chi connectivity index (χ1) is 15.4. The maximum Gasteiger partial charge on any atom is 0.270 e. The van der Waals surface area contributed by atoms with E-state index in [4.69, 9.17) is 4.74 Å². The average molecular weight is 468 g/mol. The molecule has 176 valence electrons. The highest BCUT2D eigenvalue weighted by Crippen LogP contribution is 2.32. The Kier molecular flexibility index (Phi) is 6.93. The van der Waals surface area contributed by atoms with E-state index < -0.39 is 14.9 Å². The van der Waals surface area contributed by atoms with Crippen LogP contribution in [0.3, 0.4) is 0 Å². The summed E-state index contributed by atoms with van der Waals surface area (Å²) in [5, 5.41) is 11.3. The minimum absolute atomic E-state index is 0.0461. The summed E-state index contributed by atoms with van der Waals surface area (Å²) < 4.78 is 33.3. The van der Waals surface area contributed by atoms with Crippen molar-refractivity contribution in [1.29, 1.82) is 0 Å². The van der Waals surface area contributed by atoms with Gasteiger partial charge in [-0.2, -0.15) is 4.31 Å². The summed E-state index contributed by atoms with van der Waals surface area (Å²) in [5.41, 5.74) is 0.211. The summed E-state index contributed by atoms with van der Waals surface area (Å²) in [6, 6.07) is 4.02. The van der Waals surface area contributed by atoms with Gasteiger partial charge >= 0.3 is 0 Å². The Hall–Kier alpha value is -2.28. The summed E-state index contributed by atoms with van der Waals surface area (Å²) in [4.78, 5) is 29.1. The lowest BCUT2D eigenvalue weighted by atomic mass is 10.2. The molecule has 1 aromatic carbocycles. The monoisotopic (exact) mass is 467 g/mol. The number of piperazine rings is 1. The third-order valence-corrected chi connectivity index (χ3v) is 8.20. The summed E-state index contributed by atoms with van der Waals surface area (Å²) in [6.07, 6.45) is 2.11. The number of nitro groups is 1. The molecule has 0 bridgehead atoms. The topological polar surface area (TPSA) is 117 Å². The first-order valence-corrected chi connectivity index (χ1v) is 12.4. The molecular formula is C20H29N5O6S. The van der Waals surface area contributed by atoms with Gasteiger partial charge < -0.3 is 14.5 Å². The van der Waals surface area contributed by atoms with Crippen LogP contribution in [-0.2, 0) is 19.6 Å². The van der Waals surface area contributed by atoms with Gasteiger partial charge in [-0.05, 0) is 18.9 Å². The van der Waals surface area contributed by atoms with Crippen LogP contribution in [0.2, 0.25) is 0 Å². The predicted octanol–water partition coefficient (Wildman–Crippen LogP) is 0.360. The Morgan fingerprint density at radius 2 is 1.66 bits per heavy atom. The first kappa shape index (κ1) is 22.9. The molecule has 3 aliphatic heterocycles. The van der Waals surface area contributed by atoms with Crippen LogP contribution >= 0.6 is 0 Å². The maximum atomic E-state index is 13.3. The van der Waals surface area contributed by atoms with Crippen molar-refractivity contribution in [3.8, 4) is 0 Å². The number of rotatable bonds is 6. The number of sulfonamides is 1. The van der Waals surface area contributed by atoms with Crippen LogP contribution in [0.5, 0.6) is 0 Å². The zero-order valence-electron chi connectivity index (χ0n) is 18.0. The number of morpholine rings is 1. The normalized spacial score (nSPS) is 21.1. The Morgan fingerprint density at radius 1 is 1.00 bits per heavy atom. The van der Waals surface area contributed by atoms with E-state index in [1.807, 2.05) is 9.80 Å². The van der Waals surface area contributed by atoms with E-state index in [1.165, 1.54) is 16.4 Å². The molecule has 3 aliphatic rings. The SMILES string of the molecule is O=C(CN1CCN(c2ccc([N+](=O)[O-])cc2S(=O)(=O)N2CCOCC2)CC1)N1CCCC1. The Labute approximate surface area is 187 Å². The van der Waals surface area contributed by atoms with Gasteiger partial charge in [0.05, 0.1) is 30.4 Å². The molecule has 1 amide bonds. The van der Waals surface area contributed by atoms with Crippen LogP contribution in [0.25, 0.3) is 0 Å². The van der Waals surface area contributed by atoms with Crippen LogP contribution in [0.1, 0.15) is 12.8 Å². The van der Waals surface area contributed by atoms with Crippen LogP contribution in [0, 0.1) is 10.1 Å². The zero-order chi connectivity index (χ0) is 22.7. The van der Waals surface area contributed by atoms with Gasteiger partial charge in [0.15, 0.2) is 0 Å². The summed E-state index contributed by atoms with van der Waals surface area (Å²) in [7, 11) is -3.91. The molecule has 0 saturated carbocycles. The number of nitro benzene ring substituents is 1. The molecule has 3 heterocycles. The molecule has 3 saturated heterocycles. The van der Waals surface area contributed by atoms with Gasteiger partial charge in [-0.3, -0.25) is 19.8 Å². The van der Waals surface area contributed by atoms with Gasteiger partial charge in [-0.25, -0.2) is 8.42 Å². The van der Waals surface area contributed by atoms with E-state index >= 15 is 0 Å². The van der Waals surface area contributed by atoms with Crippen molar-refractivity contribution in [1.82, 2.24) is 14.1 Å². The van der Waals surface area contributed by atoms with Gasteiger partial charge in [0.25, 0.3) is 5.69 Å². The molecule has 0 atom stereocenters. The first-order valence-electron chi connectivity index (χ1n) is 11.0. The zero-order valence-corrected chi connectivity index (χ0v) is 18.8. The van der Waals surface area contributed by atoms with Crippen molar-refractivity contribution in [2.24, 2.45) is 0 Å². The van der Waals surface area contributed by atoms with Crippen LogP contribution in [0.4, 0.5) is 11.4 Å². The van der Waals surface area contributed by atoms with E-state index in [0.29, 0.717) is 51.6 Å². The van der Waals surface area contributed by atoms with Gasteiger partial charge in [0.2, 0.25) is 15.9 Å². The highest BCUT2D eigenvalue weighted by atomic mass is 32.2. The third-order valence-electron chi connectivity index (χ3n) is 6.27. The molecule has 4 rings (SSSR count). The van der Waals surface area contributed by atoms with Crippen molar-refractivity contribution in [3.05, 3.63) is 28.3 Å². The van der Waals surface area contributed by atoms with Gasteiger partial charge in [-0.15, -0.1) is 0 Å². The van der Waals surface area contributed by atoms with Crippen LogP contribution in [0.15, 0.2) is 23.1 Å². The number of nitrogens with zero attached hydrogens (tertiary/aromatic N) is 5. The lowest BCUT2D eigenvalue weighted by molar-refractivity contribution is -0.385. The van der Waals surface area contributed by atoms with Gasteiger partial charge in [0.1, 0.15) is 4.90 Å². The summed E-state index contributed by atoms with van der Waals surface area (Å²) in [5.74, 6) is 0.141. The van der Waals surface area contributed by atoms with Gasteiger partial charge in [0, 0.05) is 64.5 Å². The largest absolute Gasteiger partial charge is 0.379 e. The number of carbonyl (C=O) groups is 1. The van der Waals surface area contributed by atoms with Crippen molar-refractivity contribution < 1.29 is 22.9 Å². The molecule has 0 aliphatic carbocycles. The molecule has 0 spiro atoms. The standard InChI is InChI=1S/C20H29N5O6S/c26-20(23-5-1-2-6-23)16-21-7-9-22(10-8-21)18-4-3-17(25(27)28)15-19(18)32(29,30)24-11-13-31-14-12-24/h3-4,15H,1-2,5-14,16H2. The molecule has 0 N–H and O–H groups in total. The van der Waals surface area contributed by atoms with Crippen molar-refractivity contribution in [2.75, 3.05) is 77.0 Å². The maximum absolute atomic E-state index is 13.3. The van der Waals surface area contributed by atoms with Crippen molar-refractivity contribution in [2.45, 2.75) is 17.7 Å². The van der Waals surface area contributed by atoms with E-state index in [1.54, 1.807) is 0 Å². The van der Waals surface area contributed by atoms with Crippen LogP contribution in [-0.4, -0.2) is 105 Å². The number of ether oxygens (including phenoxy) is 1. The van der Waals surface area contributed by atoms with Crippen molar-refractivity contribution >= 4 is 27.3 Å². The fourth-order valence-corrected chi connectivity index (χ4v) is 6.05. The number of carbonyl (C=O) groups excluding carboxylic acids is 1. The number of hydrogen-bond donors (Lipinski definition) is 0. The number of amides is 1. The molecule has 0 radical (unpaired) electrons. The lowest BCUT2D eigenvalue weighted by Gasteiger charge is -2.37. The second kappa shape index (κ2) is 9.69. The van der Waals surface area contributed by atoms with Gasteiger partial charge in [-0.1, -0.05) is 0 Å². The molecule has 11 nitrogen and oxygen atoms in total. The second-order valence-electron chi connectivity index (χ2n) is 8.28. The lowest BCUT2D eigenvalue weighted by Crippen LogP contribution is -2.50. The minimum Gasteiger partial charge on any atom is -0.379 e. The second-order valence-corrected chi connectivity index (χ2v) is 10.2. The van der Waals surface area contributed by atoms with E-state index in [0.717, 1.165) is 32.0 Å². The third kappa shape index (κ3) is 4.87. The average Bonchev–Trinajstić information content (AvgIpc) is 3.35. The van der Waals surface area contributed by atoms with E-state index in [2.05, 4.69) is 4.90 Å². The molecule has 0 unspecified atom stereocenters. The molecule has 12 heteroatoms. The van der Waals surface area contributed by atoms with E-state index in [-0.39, 0.29) is 29.6 Å². The van der Waals surface area contributed by atoms with E-state index in [9.17, 15) is 23.3 Å². The summed E-state index contributed by atoms with van der Waals surface area (Å²) >= 11 is 0. The molecule has 1 aromatic rings. The quantitative estimate of drug-likeness (QED) is 0.435. The Morgan fingerprint density at radius 3 is 2.28 bits per heavy atom. The number of anilines is 1. The number of hydrogen-bond acceptors (Lipinski definition) is 8. The smallest absolute Gasteiger partial charge is 0.270 e. The Balaban J connectivity index is 1.50. The number of non-ortho nitro benzene ring substituents is 1. The fourth-order valence-electron chi connectivity index (χ4n) is 4.41. The number of benzene rings is 1. The number of likely N-dealkylation sites (tertiary alicyclic amines) is 1. The molecule has 0 aromatic heterocycles. The molecule has 3 fully saturated rings. The highest BCUT2D eigenvalue weighted by Gasteiger charge is 2.33. The molecule has 32 heavy (non-hydrogen) atoms. The minimum atomic E-state index is -3.91. The summed E-state index contributed by atoms with van der Waals surface area (Å²) in [6.45, 7) is 5.37. The predicted molar refractivity (Wildman–Crippen MR) is 117 cm³/mol. The van der Waals surface area contributed by atoms with Crippen LogP contribution < -0.4 is 4.90 Å². The fraction of sp³-hybridized carbons (Fsp3) is 0.650. The molecular weight excluding hydrogens is 438 g/mol. The van der Waals surface area contributed by atoms with Crippen molar-refractivity contribution in [3.63, 3.8) is 0 Å². The highest BCUT2D eigenvalue weighted by molar-refractivity contribution is 7.89.